The molecule has 1 atom stereocenters. The van der Waals surface area contributed by atoms with Crippen LogP contribution in [0.1, 0.15) is 22.3 Å². The summed E-state index contributed by atoms with van der Waals surface area (Å²) in [7, 11) is 0. The maximum atomic E-state index is 12.6. The van der Waals surface area contributed by atoms with Gasteiger partial charge in [-0.3, -0.25) is 14.4 Å². The van der Waals surface area contributed by atoms with E-state index in [1.807, 2.05) is 0 Å². The average molecular weight is 311 g/mol. The lowest BCUT2D eigenvalue weighted by atomic mass is 10.0. The summed E-state index contributed by atoms with van der Waals surface area (Å²) in [5, 5.41) is 12.0. The molecule has 1 fully saturated rings. The van der Waals surface area contributed by atoms with E-state index in [9.17, 15) is 14.4 Å². The van der Waals surface area contributed by atoms with Gasteiger partial charge in [0, 0.05) is 23.7 Å². The van der Waals surface area contributed by atoms with E-state index in [2.05, 4.69) is 5.32 Å². The van der Waals surface area contributed by atoms with Gasteiger partial charge in [-0.1, -0.05) is 11.6 Å². The predicted octanol–water partition coefficient (Wildman–Crippen LogP) is 1.06. The molecule has 1 saturated heterocycles. The molecule has 2 amide bonds. The Bertz CT molecular complexity index is 603. The predicted molar refractivity (Wildman–Crippen MR) is 76.3 cm³/mol. The highest BCUT2D eigenvalue weighted by atomic mass is 35.5. The molecular weight excluding hydrogens is 296 g/mol. The Morgan fingerprint density at radius 2 is 2.19 bits per heavy atom. The number of benzene rings is 1. The zero-order chi connectivity index (χ0) is 15.6. The number of nitrogens with zero attached hydrogens (tertiary/aromatic N) is 1. The molecule has 0 aliphatic carbocycles. The van der Waals surface area contributed by atoms with Crippen molar-refractivity contribution in [1.29, 1.82) is 0 Å². The van der Waals surface area contributed by atoms with Gasteiger partial charge in [0.05, 0.1) is 6.42 Å². The molecule has 1 aromatic carbocycles. The van der Waals surface area contributed by atoms with E-state index < -0.39 is 24.3 Å². The van der Waals surface area contributed by atoms with Crippen LogP contribution in [-0.4, -0.2) is 46.9 Å². The van der Waals surface area contributed by atoms with Gasteiger partial charge in [0.25, 0.3) is 5.91 Å². The molecule has 7 heteroatoms. The SMILES string of the molecule is Cc1cc(Cl)ccc1C(=O)N1CCNC(=O)C1CC(=O)O. The minimum absolute atomic E-state index is 0.282. The number of halogens is 1. The molecule has 1 aliphatic heterocycles. The summed E-state index contributed by atoms with van der Waals surface area (Å²) >= 11 is 5.86. The van der Waals surface area contributed by atoms with Crippen molar-refractivity contribution in [3.05, 3.63) is 34.3 Å². The van der Waals surface area contributed by atoms with Gasteiger partial charge >= 0.3 is 5.97 Å². The van der Waals surface area contributed by atoms with E-state index in [0.717, 1.165) is 0 Å². The highest BCUT2D eigenvalue weighted by molar-refractivity contribution is 6.30. The number of carboxylic acid groups (broad SMARTS) is 1. The van der Waals surface area contributed by atoms with Crippen LogP contribution in [0.25, 0.3) is 0 Å². The van der Waals surface area contributed by atoms with Crippen LogP contribution in [0.3, 0.4) is 0 Å². The highest BCUT2D eigenvalue weighted by Gasteiger charge is 2.35. The van der Waals surface area contributed by atoms with E-state index in [-0.39, 0.29) is 12.5 Å². The molecule has 0 spiro atoms. The number of nitrogens with one attached hydrogen (secondary N) is 1. The fraction of sp³-hybridized carbons (Fsp3) is 0.357. The number of carbonyl (C=O) groups is 3. The summed E-state index contributed by atoms with van der Waals surface area (Å²) in [5.74, 6) is -1.92. The average Bonchev–Trinajstić information content (AvgIpc) is 2.40. The minimum atomic E-state index is -1.12. The lowest BCUT2D eigenvalue weighted by molar-refractivity contribution is -0.142. The molecule has 1 heterocycles. The number of carbonyl (C=O) groups excluding carboxylic acids is 2. The summed E-state index contributed by atoms with van der Waals surface area (Å²) in [6.07, 6.45) is -0.412. The summed E-state index contributed by atoms with van der Waals surface area (Å²) in [6, 6.07) is 3.85. The van der Waals surface area contributed by atoms with E-state index in [1.165, 1.54) is 4.90 Å². The molecule has 0 radical (unpaired) electrons. The zero-order valence-electron chi connectivity index (χ0n) is 11.4. The number of rotatable bonds is 3. The van der Waals surface area contributed by atoms with E-state index in [1.54, 1.807) is 25.1 Å². The van der Waals surface area contributed by atoms with Crippen LogP contribution in [0, 0.1) is 6.92 Å². The van der Waals surface area contributed by atoms with Crippen LogP contribution in [0.5, 0.6) is 0 Å². The van der Waals surface area contributed by atoms with Crippen LogP contribution < -0.4 is 5.32 Å². The second-order valence-electron chi connectivity index (χ2n) is 4.86. The van der Waals surface area contributed by atoms with Gasteiger partial charge in [-0.15, -0.1) is 0 Å². The molecule has 112 valence electrons. The molecule has 0 bridgehead atoms. The van der Waals surface area contributed by atoms with E-state index in [4.69, 9.17) is 16.7 Å². The Hall–Kier alpha value is -2.08. The quantitative estimate of drug-likeness (QED) is 0.874. The van der Waals surface area contributed by atoms with Crippen LogP contribution in [-0.2, 0) is 9.59 Å². The Kier molecular flexibility index (Phi) is 4.47. The van der Waals surface area contributed by atoms with E-state index >= 15 is 0 Å². The molecule has 0 saturated carbocycles. The van der Waals surface area contributed by atoms with Gasteiger partial charge in [0.15, 0.2) is 0 Å². The molecule has 1 aromatic rings. The Balaban J connectivity index is 2.30. The van der Waals surface area contributed by atoms with Gasteiger partial charge in [-0.25, -0.2) is 0 Å². The van der Waals surface area contributed by atoms with Crippen molar-refractivity contribution in [2.24, 2.45) is 0 Å². The number of piperazine rings is 1. The monoisotopic (exact) mass is 310 g/mol. The standard InChI is InChI=1S/C14H15ClN2O4/c1-8-6-9(15)2-3-10(8)14(21)17-5-4-16-13(20)11(17)7-12(18)19/h2-3,6,11H,4-5,7H2,1H3,(H,16,20)(H,18,19). The first-order valence-electron chi connectivity index (χ1n) is 6.47. The van der Waals surface area contributed by atoms with Crippen molar-refractivity contribution in [2.75, 3.05) is 13.1 Å². The molecule has 0 aromatic heterocycles. The van der Waals surface area contributed by atoms with Crippen molar-refractivity contribution in [1.82, 2.24) is 10.2 Å². The van der Waals surface area contributed by atoms with Gasteiger partial charge < -0.3 is 15.3 Å². The Morgan fingerprint density at radius 1 is 1.48 bits per heavy atom. The third-order valence-electron chi connectivity index (χ3n) is 3.38. The van der Waals surface area contributed by atoms with Gasteiger partial charge in [-0.05, 0) is 30.7 Å². The molecule has 1 unspecified atom stereocenters. The number of hydrogen-bond donors (Lipinski definition) is 2. The molecule has 1 aliphatic rings. The summed E-state index contributed by atoms with van der Waals surface area (Å²) in [4.78, 5) is 36.6. The summed E-state index contributed by atoms with van der Waals surface area (Å²) in [6.45, 7) is 2.34. The number of amides is 2. The molecule has 2 N–H and O–H groups in total. The largest absolute Gasteiger partial charge is 0.481 e. The lowest BCUT2D eigenvalue weighted by Crippen LogP contribution is -2.57. The Morgan fingerprint density at radius 3 is 2.81 bits per heavy atom. The van der Waals surface area contributed by atoms with Crippen molar-refractivity contribution in [3.8, 4) is 0 Å². The summed E-state index contributed by atoms with van der Waals surface area (Å²) < 4.78 is 0. The number of aliphatic carboxylic acids is 1. The van der Waals surface area contributed by atoms with Crippen LogP contribution in [0.15, 0.2) is 18.2 Å². The van der Waals surface area contributed by atoms with Crippen LogP contribution in [0.4, 0.5) is 0 Å². The number of aryl methyl sites for hydroxylation is 1. The van der Waals surface area contributed by atoms with Crippen LogP contribution in [0.2, 0.25) is 5.02 Å². The normalized spacial score (nSPS) is 18.3. The Labute approximate surface area is 126 Å². The second-order valence-corrected chi connectivity index (χ2v) is 5.30. The van der Waals surface area contributed by atoms with E-state index in [0.29, 0.717) is 22.7 Å². The number of carboxylic acids is 1. The van der Waals surface area contributed by atoms with Crippen molar-refractivity contribution in [2.45, 2.75) is 19.4 Å². The van der Waals surface area contributed by atoms with Crippen LogP contribution >= 0.6 is 11.6 Å². The molecule has 21 heavy (non-hydrogen) atoms. The third-order valence-corrected chi connectivity index (χ3v) is 3.61. The molecule has 2 rings (SSSR count). The fourth-order valence-corrected chi connectivity index (χ4v) is 2.57. The molecule has 6 nitrogen and oxygen atoms in total. The maximum Gasteiger partial charge on any atom is 0.305 e. The first-order valence-corrected chi connectivity index (χ1v) is 6.84. The summed E-state index contributed by atoms with van der Waals surface area (Å²) in [5.41, 5.74) is 1.11. The maximum absolute atomic E-state index is 12.6. The zero-order valence-corrected chi connectivity index (χ0v) is 12.2. The van der Waals surface area contributed by atoms with Gasteiger partial charge in [0.1, 0.15) is 6.04 Å². The highest BCUT2D eigenvalue weighted by Crippen LogP contribution is 2.19. The minimum Gasteiger partial charge on any atom is -0.481 e. The second kappa shape index (κ2) is 6.13. The van der Waals surface area contributed by atoms with Crippen molar-refractivity contribution in [3.63, 3.8) is 0 Å². The smallest absolute Gasteiger partial charge is 0.305 e. The lowest BCUT2D eigenvalue weighted by Gasteiger charge is -2.34. The van der Waals surface area contributed by atoms with Crippen molar-refractivity contribution >= 4 is 29.4 Å². The van der Waals surface area contributed by atoms with Gasteiger partial charge in [-0.2, -0.15) is 0 Å². The fourth-order valence-electron chi connectivity index (χ4n) is 2.35. The van der Waals surface area contributed by atoms with Gasteiger partial charge in [0.2, 0.25) is 5.91 Å². The number of hydrogen-bond acceptors (Lipinski definition) is 3. The third kappa shape index (κ3) is 3.33. The topological polar surface area (TPSA) is 86.7 Å². The van der Waals surface area contributed by atoms with Crippen molar-refractivity contribution < 1.29 is 19.5 Å². The molecular formula is C14H15ClN2O4. The first kappa shape index (κ1) is 15.3. The first-order chi connectivity index (χ1) is 9.90.